The zero-order chi connectivity index (χ0) is 13.2. The summed E-state index contributed by atoms with van der Waals surface area (Å²) in [4.78, 5) is 13.5. The summed E-state index contributed by atoms with van der Waals surface area (Å²) in [6.07, 6.45) is 0.713. The van der Waals surface area contributed by atoms with Crippen molar-refractivity contribution in [1.82, 2.24) is 5.32 Å². The topological polar surface area (TPSA) is 53.6 Å². The molecule has 2 heterocycles. The van der Waals surface area contributed by atoms with Crippen LogP contribution in [0, 0.1) is 0 Å². The number of hydrogen-bond acceptors (Lipinski definition) is 4. The molecule has 5 heteroatoms. The van der Waals surface area contributed by atoms with Crippen molar-refractivity contribution < 1.29 is 9.53 Å². The number of nitrogens with one attached hydrogen (secondary N) is 2. The fourth-order valence-corrected chi connectivity index (χ4v) is 2.60. The van der Waals surface area contributed by atoms with Gasteiger partial charge in [0.25, 0.3) is 0 Å². The lowest BCUT2D eigenvalue weighted by atomic mass is 10.1. The molecule has 3 rings (SSSR count). The van der Waals surface area contributed by atoms with Crippen LogP contribution in [0.1, 0.15) is 5.56 Å². The maximum Gasteiger partial charge on any atom is 0.228 e. The first-order chi connectivity index (χ1) is 9.22. The minimum atomic E-state index is 0.0783. The van der Waals surface area contributed by atoms with E-state index in [1.165, 1.54) is 0 Å². The van der Waals surface area contributed by atoms with E-state index < -0.39 is 0 Å². The smallest absolute Gasteiger partial charge is 0.228 e. The van der Waals surface area contributed by atoms with Crippen molar-refractivity contribution in [3.05, 3.63) is 23.8 Å². The van der Waals surface area contributed by atoms with Gasteiger partial charge in [-0.3, -0.25) is 4.79 Å². The Kier molecular flexibility index (Phi) is 3.40. The number of likely N-dealkylation sites (N-methyl/N-ethyl adjacent to an activating group) is 1. The van der Waals surface area contributed by atoms with Crippen molar-refractivity contribution in [3.63, 3.8) is 0 Å². The molecule has 1 unspecified atom stereocenters. The number of fused-ring (bicyclic) bond motifs is 1. The van der Waals surface area contributed by atoms with E-state index in [0.717, 1.165) is 43.2 Å². The van der Waals surface area contributed by atoms with Crippen molar-refractivity contribution in [1.29, 1.82) is 0 Å². The van der Waals surface area contributed by atoms with E-state index in [-0.39, 0.29) is 12.0 Å². The van der Waals surface area contributed by atoms with Gasteiger partial charge in [-0.1, -0.05) is 0 Å². The van der Waals surface area contributed by atoms with E-state index >= 15 is 0 Å². The van der Waals surface area contributed by atoms with Crippen LogP contribution < -0.4 is 15.5 Å². The first-order valence-corrected chi connectivity index (χ1v) is 6.68. The Balaban J connectivity index is 1.68. The van der Waals surface area contributed by atoms with Gasteiger partial charge in [0.2, 0.25) is 5.91 Å². The maximum absolute atomic E-state index is 11.3. The number of rotatable bonds is 3. The van der Waals surface area contributed by atoms with Crippen LogP contribution in [-0.2, 0) is 16.0 Å². The van der Waals surface area contributed by atoms with Crippen molar-refractivity contribution >= 4 is 17.3 Å². The fourth-order valence-electron chi connectivity index (χ4n) is 2.60. The van der Waals surface area contributed by atoms with Crippen LogP contribution in [-0.4, -0.2) is 45.3 Å². The molecule has 1 atom stereocenters. The molecule has 0 saturated carbocycles. The molecule has 1 amide bonds. The number of carbonyl (C=O) groups excluding carboxylic acids is 1. The standard InChI is InChI=1S/C14H19N3O2/c1-17(9-12-8-15-4-5-19-12)11-2-3-13-10(6-11)7-14(18)16-13/h2-3,6,12,15H,4-5,7-9H2,1H3,(H,16,18). The van der Waals surface area contributed by atoms with Crippen molar-refractivity contribution in [2.24, 2.45) is 0 Å². The summed E-state index contributed by atoms with van der Waals surface area (Å²) in [5, 5.41) is 6.19. The van der Waals surface area contributed by atoms with Crippen LogP contribution in [0.3, 0.4) is 0 Å². The summed E-state index contributed by atoms with van der Waals surface area (Å²) >= 11 is 0. The summed E-state index contributed by atoms with van der Waals surface area (Å²) in [5.41, 5.74) is 3.15. The summed E-state index contributed by atoms with van der Waals surface area (Å²) in [6, 6.07) is 6.11. The molecular formula is C14H19N3O2. The Bertz CT molecular complexity index is 484. The second kappa shape index (κ2) is 5.19. The predicted octanol–water partition coefficient (Wildman–Crippen LogP) is 0.606. The average molecular weight is 261 g/mol. The third kappa shape index (κ3) is 2.72. The Morgan fingerprint density at radius 2 is 2.37 bits per heavy atom. The van der Waals surface area contributed by atoms with Crippen molar-refractivity contribution in [2.75, 3.05) is 43.5 Å². The normalized spacial score (nSPS) is 21.9. The number of amides is 1. The molecule has 0 aromatic heterocycles. The molecule has 0 radical (unpaired) electrons. The molecule has 2 aliphatic rings. The lowest BCUT2D eigenvalue weighted by molar-refractivity contribution is -0.115. The van der Waals surface area contributed by atoms with E-state index in [1.807, 2.05) is 12.1 Å². The number of ether oxygens (including phenoxy) is 1. The van der Waals surface area contributed by atoms with E-state index in [4.69, 9.17) is 4.74 Å². The van der Waals surface area contributed by atoms with E-state index in [9.17, 15) is 4.79 Å². The summed E-state index contributed by atoms with van der Waals surface area (Å²) < 4.78 is 5.71. The predicted molar refractivity (Wildman–Crippen MR) is 74.7 cm³/mol. The highest BCUT2D eigenvalue weighted by Gasteiger charge is 2.20. The molecule has 1 aromatic carbocycles. The molecule has 0 bridgehead atoms. The maximum atomic E-state index is 11.3. The number of benzene rings is 1. The molecule has 0 aliphatic carbocycles. The van der Waals surface area contributed by atoms with Gasteiger partial charge in [0.15, 0.2) is 0 Å². The van der Waals surface area contributed by atoms with E-state index in [1.54, 1.807) is 0 Å². The summed E-state index contributed by atoms with van der Waals surface area (Å²) in [6.45, 7) is 3.47. The zero-order valence-corrected chi connectivity index (χ0v) is 11.1. The largest absolute Gasteiger partial charge is 0.374 e. The van der Waals surface area contributed by atoms with Gasteiger partial charge in [-0.2, -0.15) is 0 Å². The lowest BCUT2D eigenvalue weighted by Gasteiger charge is -2.29. The summed E-state index contributed by atoms with van der Waals surface area (Å²) in [7, 11) is 2.06. The van der Waals surface area contributed by atoms with Crippen molar-refractivity contribution in [3.8, 4) is 0 Å². The minimum absolute atomic E-state index is 0.0783. The van der Waals surface area contributed by atoms with Gasteiger partial charge in [0.1, 0.15) is 0 Å². The monoisotopic (exact) mass is 261 g/mol. The van der Waals surface area contributed by atoms with Gasteiger partial charge in [-0.25, -0.2) is 0 Å². The lowest BCUT2D eigenvalue weighted by Crippen LogP contribution is -2.44. The number of nitrogens with zero attached hydrogens (tertiary/aromatic N) is 1. The molecule has 1 fully saturated rings. The van der Waals surface area contributed by atoms with Crippen LogP contribution in [0.15, 0.2) is 18.2 Å². The Morgan fingerprint density at radius 3 is 3.16 bits per heavy atom. The molecule has 2 N–H and O–H groups in total. The van der Waals surface area contributed by atoms with Crippen LogP contribution >= 0.6 is 0 Å². The number of anilines is 2. The van der Waals surface area contributed by atoms with Crippen LogP contribution in [0.25, 0.3) is 0 Å². The van der Waals surface area contributed by atoms with Crippen LogP contribution in [0.4, 0.5) is 11.4 Å². The highest BCUT2D eigenvalue weighted by atomic mass is 16.5. The second-order valence-electron chi connectivity index (χ2n) is 5.14. The SMILES string of the molecule is CN(CC1CNCCO1)c1ccc2c(c1)CC(=O)N2. The minimum Gasteiger partial charge on any atom is -0.374 e. The molecule has 1 saturated heterocycles. The molecule has 1 aromatic rings. The van der Waals surface area contributed by atoms with Gasteiger partial charge in [-0.15, -0.1) is 0 Å². The summed E-state index contributed by atoms with van der Waals surface area (Å²) in [5.74, 6) is 0.0783. The van der Waals surface area contributed by atoms with Crippen LogP contribution in [0.2, 0.25) is 0 Å². The first-order valence-electron chi connectivity index (χ1n) is 6.68. The zero-order valence-electron chi connectivity index (χ0n) is 11.1. The van der Waals surface area contributed by atoms with Gasteiger partial charge in [0.05, 0.1) is 19.1 Å². The highest BCUT2D eigenvalue weighted by Crippen LogP contribution is 2.27. The van der Waals surface area contributed by atoms with Gasteiger partial charge >= 0.3 is 0 Å². The quantitative estimate of drug-likeness (QED) is 0.837. The molecule has 19 heavy (non-hydrogen) atoms. The first kappa shape index (κ1) is 12.4. The fraction of sp³-hybridized carbons (Fsp3) is 0.500. The van der Waals surface area contributed by atoms with Gasteiger partial charge < -0.3 is 20.3 Å². The Morgan fingerprint density at radius 1 is 1.47 bits per heavy atom. The number of morpholine rings is 1. The number of carbonyl (C=O) groups is 1. The average Bonchev–Trinajstić information content (AvgIpc) is 2.78. The molecule has 102 valence electrons. The molecule has 2 aliphatic heterocycles. The van der Waals surface area contributed by atoms with Gasteiger partial charge in [-0.05, 0) is 23.8 Å². The van der Waals surface area contributed by atoms with E-state index in [2.05, 4.69) is 28.6 Å². The third-order valence-electron chi connectivity index (χ3n) is 3.64. The van der Waals surface area contributed by atoms with E-state index in [0.29, 0.717) is 6.42 Å². The number of hydrogen-bond donors (Lipinski definition) is 2. The van der Waals surface area contributed by atoms with Gasteiger partial charge in [0, 0.05) is 38.1 Å². The van der Waals surface area contributed by atoms with Crippen molar-refractivity contribution in [2.45, 2.75) is 12.5 Å². The van der Waals surface area contributed by atoms with Crippen LogP contribution in [0.5, 0.6) is 0 Å². The molecule has 0 spiro atoms. The molecular weight excluding hydrogens is 242 g/mol. The second-order valence-corrected chi connectivity index (χ2v) is 5.14. The highest BCUT2D eigenvalue weighted by molar-refractivity contribution is 5.99. The molecule has 5 nitrogen and oxygen atoms in total. The third-order valence-corrected chi connectivity index (χ3v) is 3.64. The Labute approximate surface area is 112 Å². The Hall–Kier alpha value is -1.59.